The molecule has 1 aliphatic heterocycles. The third-order valence-corrected chi connectivity index (χ3v) is 7.87. The van der Waals surface area contributed by atoms with Crippen LogP contribution in [0.4, 0.5) is 0 Å². The molecule has 0 spiro atoms. The predicted octanol–water partition coefficient (Wildman–Crippen LogP) is 3.00. The summed E-state index contributed by atoms with van der Waals surface area (Å²) in [5, 5.41) is 50.3. The molecule has 47 heavy (non-hydrogen) atoms. The molecular weight excluding hydrogens is 616 g/mol. The van der Waals surface area contributed by atoms with Crippen molar-refractivity contribution >= 4 is 17.9 Å². The van der Waals surface area contributed by atoms with Crippen molar-refractivity contribution < 1.29 is 63.6 Å². The third-order valence-electron chi connectivity index (χ3n) is 7.87. The molecule has 0 aromatic carbocycles. The Balaban J connectivity index is 2.95. The summed E-state index contributed by atoms with van der Waals surface area (Å²) in [5.74, 6) is -1.97. The summed E-state index contributed by atoms with van der Waals surface area (Å²) in [6.45, 7) is 3.65. The maximum absolute atomic E-state index is 12.9. The molecule has 0 aliphatic carbocycles. The minimum atomic E-state index is -1.58. The molecule has 1 fully saturated rings. The molecule has 1 unspecified atom stereocenters. The van der Waals surface area contributed by atoms with Crippen molar-refractivity contribution in [2.24, 2.45) is 0 Å². The number of rotatable bonds is 26. The number of esters is 3. The zero-order valence-corrected chi connectivity index (χ0v) is 28.5. The van der Waals surface area contributed by atoms with Gasteiger partial charge in [0.25, 0.3) is 0 Å². The highest BCUT2D eigenvalue weighted by atomic mass is 16.7. The Bertz CT molecular complexity index is 882. The first-order chi connectivity index (χ1) is 22.5. The zero-order valence-electron chi connectivity index (χ0n) is 28.5. The van der Waals surface area contributed by atoms with Crippen LogP contribution in [0.5, 0.6) is 0 Å². The zero-order chi connectivity index (χ0) is 35.0. The minimum absolute atomic E-state index is 0.0202. The van der Waals surface area contributed by atoms with Gasteiger partial charge in [0, 0.05) is 19.8 Å². The van der Waals surface area contributed by atoms with E-state index in [1.165, 1.54) is 6.92 Å². The van der Waals surface area contributed by atoms with Crippen LogP contribution in [0.2, 0.25) is 0 Å². The largest absolute Gasteiger partial charge is 0.463 e. The fourth-order valence-electron chi connectivity index (χ4n) is 5.00. The highest BCUT2D eigenvalue weighted by Crippen LogP contribution is 2.29. The van der Waals surface area contributed by atoms with Crippen molar-refractivity contribution in [3.63, 3.8) is 0 Å². The monoisotopic (exact) mass is 676 g/mol. The molecule has 0 radical (unpaired) electrons. The molecule has 13 nitrogen and oxygen atoms in total. The first-order valence-corrected chi connectivity index (χ1v) is 17.3. The Morgan fingerprint density at radius 3 is 2.06 bits per heavy atom. The van der Waals surface area contributed by atoms with Gasteiger partial charge in [0.1, 0.15) is 31.0 Å². The average molecular weight is 677 g/mol. The van der Waals surface area contributed by atoms with Crippen molar-refractivity contribution in [1.82, 2.24) is 0 Å². The van der Waals surface area contributed by atoms with Gasteiger partial charge in [0.2, 0.25) is 0 Å². The average Bonchev–Trinajstić information content (AvgIpc) is 3.04. The Hall–Kier alpha value is -2.13. The van der Waals surface area contributed by atoms with E-state index in [1.807, 2.05) is 12.2 Å². The second-order valence-corrected chi connectivity index (χ2v) is 12.2. The number of hydrogen-bond acceptors (Lipinski definition) is 13. The standard InChI is InChI=1S/C34H60O13/c1-4-6-8-10-15-20-30(41)47-33-32(46-29(40)19-16-12-11-14-18-25(37)17-13-9-7-5-2)31(42)28(23-43-24(3)36)45-34(33)44-22-27(39)26(38)21-35/h11,14,25-28,31-35,37-39,42H,4-10,12-13,15-23H2,1-3H3/b14-11-/t25?,26-,27+,28-,31-,32+,33+,34-/m1/s1. The molecule has 0 saturated carbocycles. The smallest absolute Gasteiger partial charge is 0.306 e. The maximum Gasteiger partial charge on any atom is 0.306 e. The molecule has 1 saturated heterocycles. The molecule has 8 atom stereocenters. The topological polar surface area (TPSA) is 199 Å². The van der Waals surface area contributed by atoms with Crippen LogP contribution in [-0.4, -0.2) is 112 Å². The van der Waals surface area contributed by atoms with Crippen LogP contribution in [0.25, 0.3) is 0 Å². The first kappa shape index (κ1) is 42.9. The summed E-state index contributed by atoms with van der Waals surface area (Å²) in [6.07, 6.45) is 4.17. The van der Waals surface area contributed by atoms with E-state index in [2.05, 4.69) is 13.8 Å². The van der Waals surface area contributed by atoms with Crippen molar-refractivity contribution in [1.29, 1.82) is 0 Å². The number of aliphatic hydroxyl groups is 5. The number of carbonyl (C=O) groups is 3. The predicted molar refractivity (Wildman–Crippen MR) is 172 cm³/mol. The van der Waals surface area contributed by atoms with Crippen molar-refractivity contribution in [2.45, 2.75) is 166 Å². The molecule has 5 N–H and O–H groups in total. The van der Waals surface area contributed by atoms with Crippen LogP contribution >= 0.6 is 0 Å². The molecular formula is C34H60O13. The van der Waals surface area contributed by atoms with Gasteiger partial charge < -0.3 is 49.2 Å². The summed E-state index contributed by atoms with van der Waals surface area (Å²) in [5.41, 5.74) is 0. The summed E-state index contributed by atoms with van der Waals surface area (Å²) >= 11 is 0. The van der Waals surface area contributed by atoms with Gasteiger partial charge in [-0.05, 0) is 32.1 Å². The number of carbonyl (C=O) groups excluding carboxylic acids is 3. The molecule has 1 rings (SSSR count). The van der Waals surface area contributed by atoms with Gasteiger partial charge in [0.05, 0.1) is 19.3 Å². The first-order valence-electron chi connectivity index (χ1n) is 17.3. The van der Waals surface area contributed by atoms with Crippen LogP contribution in [-0.2, 0) is 38.1 Å². The van der Waals surface area contributed by atoms with E-state index in [0.29, 0.717) is 25.7 Å². The van der Waals surface area contributed by atoms with Crippen LogP contribution in [0.3, 0.4) is 0 Å². The lowest BCUT2D eigenvalue weighted by atomic mass is 9.98. The summed E-state index contributed by atoms with van der Waals surface area (Å²) in [4.78, 5) is 37.3. The van der Waals surface area contributed by atoms with E-state index >= 15 is 0 Å². The van der Waals surface area contributed by atoms with Crippen molar-refractivity contribution in [3.8, 4) is 0 Å². The van der Waals surface area contributed by atoms with Gasteiger partial charge in [-0.3, -0.25) is 14.4 Å². The molecule has 1 heterocycles. The Labute approximate surface area is 279 Å². The molecule has 0 bridgehead atoms. The number of allylic oxidation sites excluding steroid dienone is 1. The molecule has 13 heteroatoms. The van der Waals surface area contributed by atoms with Gasteiger partial charge in [-0.25, -0.2) is 0 Å². The molecule has 1 aliphatic rings. The molecule has 0 aromatic heterocycles. The fraction of sp³-hybridized carbons (Fsp3) is 0.853. The Morgan fingerprint density at radius 2 is 1.43 bits per heavy atom. The van der Waals surface area contributed by atoms with Crippen LogP contribution < -0.4 is 0 Å². The normalized spacial score (nSPS) is 23.3. The lowest BCUT2D eigenvalue weighted by Crippen LogP contribution is -2.62. The second-order valence-electron chi connectivity index (χ2n) is 12.2. The SMILES string of the molecule is CCCCCCCC(=O)O[C@@H]1[C@H](OC[C@H](O)[C@H](O)CO)O[C@H](COC(C)=O)[C@@H](O)[C@@H]1OC(=O)CCC/C=C\CC(O)CCCCCC. The van der Waals surface area contributed by atoms with Crippen LogP contribution in [0, 0.1) is 0 Å². The Kier molecular flexibility index (Phi) is 23.6. The lowest BCUT2D eigenvalue weighted by molar-refractivity contribution is -0.311. The number of ether oxygens (including phenoxy) is 5. The summed E-state index contributed by atoms with van der Waals surface area (Å²) < 4.78 is 27.7. The summed E-state index contributed by atoms with van der Waals surface area (Å²) in [7, 11) is 0. The summed E-state index contributed by atoms with van der Waals surface area (Å²) in [6, 6.07) is 0. The number of hydrogen-bond donors (Lipinski definition) is 5. The van der Waals surface area contributed by atoms with E-state index in [0.717, 1.165) is 57.8 Å². The maximum atomic E-state index is 12.9. The number of unbranched alkanes of at least 4 members (excludes halogenated alkanes) is 8. The minimum Gasteiger partial charge on any atom is -0.463 e. The molecule has 0 amide bonds. The second kappa shape index (κ2) is 25.8. The van der Waals surface area contributed by atoms with Gasteiger partial charge in [0.15, 0.2) is 18.5 Å². The Morgan fingerprint density at radius 1 is 0.809 bits per heavy atom. The van der Waals surface area contributed by atoms with E-state index in [1.54, 1.807) is 0 Å². The van der Waals surface area contributed by atoms with Gasteiger partial charge in [-0.15, -0.1) is 0 Å². The molecule has 0 aromatic rings. The fourth-order valence-corrected chi connectivity index (χ4v) is 5.00. The van der Waals surface area contributed by atoms with Gasteiger partial charge in [-0.2, -0.15) is 0 Å². The highest BCUT2D eigenvalue weighted by Gasteiger charge is 2.51. The van der Waals surface area contributed by atoms with E-state index < -0.39 is 86.7 Å². The molecule has 274 valence electrons. The van der Waals surface area contributed by atoms with Gasteiger partial charge >= 0.3 is 17.9 Å². The van der Waals surface area contributed by atoms with E-state index in [-0.39, 0.29) is 12.8 Å². The van der Waals surface area contributed by atoms with Gasteiger partial charge in [-0.1, -0.05) is 77.4 Å². The third kappa shape index (κ3) is 18.9. The highest BCUT2D eigenvalue weighted by molar-refractivity contribution is 5.71. The van der Waals surface area contributed by atoms with E-state index in [4.69, 9.17) is 28.8 Å². The number of aliphatic hydroxyl groups excluding tert-OH is 5. The van der Waals surface area contributed by atoms with Crippen molar-refractivity contribution in [2.75, 3.05) is 19.8 Å². The van der Waals surface area contributed by atoms with Crippen LogP contribution in [0.15, 0.2) is 12.2 Å². The van der Waals surface area contributed by atoms with Crippen LogP contribution in [0.1, 0.15) is 117 Å². The lowest BCUT2D eigenvalue weighted by Gasteiger charge is -2.43. The quantitative estimate of drug-likeness (QED) is 0.0388. The van der Waals surface area contributed by atoms with E-state index in [9.17, 15) is 34.8 Å². The van der Waals surface area contributed by atoms with Crippen molar-refractivity contribution in [3.05, 3.63) is 12.2 Å².